The van der Waals surface area contributed by atoms with E-state index in [1.54, 1.807) is 17.2 Å². The number of hydrogen-bond acceptors (Lipinski definition) is 7. The molecule has 3 heterocycles. The summed E-state index contributed by atoms with van der Waals surface area (Å²) in [5, 5.41) is 10.8. The van der Waals surface area contributed by atoms with Crippen LogP contribution in [0.15, 0.2) is 30.7 Å². The van der Waals surface area contributed by atoms with Crippen LogP contribution in [-0.4, -0.2) is 75.7 Å². The molecule has 0 atom stereocenters. The molecular weight excluding hydrogens is 408 g/mol. The Balaban J connectivity index is 1.24. The van der Waals surface area contributed by atoms with Crippen molar-refractivity contribution in [2.75, 3.05) is 49.5 Å². The van der Waals surface area contributed by atoms with E-state index in [-0.39, 0.29) is 24.9 Å². The van der Waals surface area contributed by atoms with Crippen LogP contribution in [0.5, 0.6) is 0 Å². The molecule has 1 fully saturated rings. The van der Waals surface area contributed by atoms with Crippen molar-refractivity contribution in [2.45, 2.75) is 13.8 Å². The van der Waals surface area contributed by atoms with E-state index in [0.717, 1.165) is 59.8 Å². The summed E-state index contributed by atoms with van der Waals surface area (Å²) in [6.45, 7) is 7.13. The van der Waals surface area contributed by atoms with Gasteiger partial charge in [-0.2, -0.15) is 5.10 Å². The van der Waals surface area contributed by atoms with Gasteiger partial charge in [0, 0.05) is 38.9 Å². The average Bonchev–Trinajstić information content (AvgIpc) is 3.17. The maximum Gasteiger partial charge on any atom is 0.243 e. The average molecular weight is 437 g/mol. The van der Waals surface area contributed by atoms with Gasteiger partial charge in [0.1, 0.15) is 12.1 Å². The van der Waals surface area contributed by atoms with Gasteiger partial charge in [0.25, 0.3) is 0 Å². The molecule has 0 aliphatic carbocycles. The van der Waals surface area contributed by atoms with Gasteiger partial charge >= 0.3 is 0 Å². The van der Waals surface area contributed by atoms with Crippen LogP contribution in [0.25, 0.3) is 11.0 Å². The lowest BCUT2D eigenvalue weighted by Crippen LogP contribution is -2.50. The van der Waals surface area contributed by atoms with Crippen molar-refractivity contribution in [3.63, 3.8) is 0 Å². The van der Waals surface area contributed by atoms with E-state index in [9.17, 15) is 9.59 Å². The standard InChI is InChI=1S/C22H28N8O2/c1-15-5-4-6-18(16(15)2)27-19(31)12-23-20(32)13-29-7-9-30(10-8-29)22-17-11-26-28(3)21(17)24-14-25-22/h4-6,11,14H,7-10,12-13H2,1-3H3,(H,23,32)(H,27,31). The number of piperazine rings is 1. The molecule has 1 aliphatic rings. The van der Waals surface area contributed by atoms with Crippen molar-refractivity contribution in [1.82, 2.24) is 30.0 Å². The predicted molar refractivity (Wildman–Crippen MR) is 123 cm³/mol. The third-order valence-electron chi connectivity index (χ3n) is 5.87. The smallest absolute Gasteiger partial charge is 0.243 e. The molecule has 32 heavy (non-hydrogen) atoms. The van der Waals surface area contributed by atoms with Crippen molar-refractivity contribution in [1.29, 1.82) is 0 Å². The number of amides is 2. The summed E-state index contributed by atoms with van der Waals surface area (Å²) in [5.41, 5.74) is 3.71. The van der Waals surface area contributed by atoms with Crippen molar-refractivity contribution >= 4 is 34.4 Å². The minimum absolute atomic E-state index is 0.0495. The van der Waals surface area contributed by atoms with E-state index in [0.29, 0.717) is 0 Å². The summed E-state index contributed by atoms with van der Waals surface area (Å²) in [5.74, 6) is 0.475. The van der Waals surface area contributed by atoms with Gasteiger partial charge in [-0.15, -0.1) is 0 Å². The number of fused-ring (bicyclic) bond motifs is 1. The second-order valence-electron chi connectivity index (χ2n) is 8.04. The molecule has 1 saturated heterocycles. The Bertz CT molecular complexity index is 1130. The highest BCUT2D eigenvalue weighted by Crippen LogP contribution is 2.23. The molecule has 10 nitrogen and oxygen atoms in total. The predicted octanol–water partition coefficient (Wildman–Crippen LogP) is 0.857. The molecule has 2 aromatic heterocycles. The maximum absolute atomic E-state index is 12.3. The minimum Gasteiger partial charge on any atom is -0.353 e. The molecule has 0 unspecified atom stereocenters. The molecule has 1 aliphatic heterocycles. The Morgan fingerprint density at radius 1 is 1.06 bits per heavy atom. The highest BCUT2D eigenvalue weighted by atomic mass is 16.2. The van der Waals surface area contributed by atoms with Crippen LogP contribution in [0, 0.1) is 13.8 Å². The molecule has 2 N–H and O–H groups in total. The van der Waals surface area contributed by atoms with Crippen LogP contribution in [0.4, 0.5) is 11.5 Å². The summed E-state index contributed by atoms with van der Waals surface area (Å²) < 4.78 is 1.73. The fourth-order valence-electron chi connectivity index (χ4n) is 3.84. The van der Waals surface area contributed by atoms with Crippen molar-refractivity contribution in [3.8, 4) is 0 Å². The number of carbonyl (C=O) groups excluding carboxylic acids is 2. The number of carbonyl (C=O) groups is 2. The number of anilines is 2. The number of nitrogens with one attached hydrogen (secondary N) is 2. The molecule has 3 aromatic rings. The number of aryl methyl sites for hydroxylation is 2. The summed E-state index contributed by atoms with van der Waals surface area (Å²) >= 11 is 0. The molecule has 0 bridgehead atoms. The van der Waals surface area contributed by atoms with E-state index in [1.165, 1.54) is 0 Å². The second kappa shape index (κ2) is 9.31. The van der Waals surface area contributed by atoms with E-state index < -0.39 is 0 Å². The fourth-order valence-corrected chi connectivity index (χ4v) is 3.84. The lowest BCUT2D eigenvalue weighted by molar-refractivity contribution is -0.125. The van der Waals surface area contributed by atoms with Crippen LogP contribution in [0.1, 0.15) is 11.1 Å². The van der Waals surface area contributed by atoms with Gasteiger partial charge in [-0.1, -0.05) is 12.1 Å². The molecule has 1 aromatic carbocycles. The molecule has 0 radical (unpaired) electrons. The lowest BCUT2D eigenvalue weighted by Gasteiger charge is -2.35. The summed E-state index contributed by atoms with van der Waals surface area (Å²) in [6, 6.07) is 5.76. The SMILES string of the molecule is Cc1cccc(NC(=O)CNC(=O)CN2CCN(c3ncnc4c3cnn4C)CC2)c1C. The number of hydrogen-bond donors (Lipinski definition) is 2. The summed E-state index contributed by atoms with van der Waals surface area (Å²) in [4.78, 5) is 37.6. The van der Waals surface area contributed by atoms with Gasteiger partial charge in [0.2, 0.25) is 11.8 Å². The molecular formula is C22H28N8O2. The first-order chi connectivity index (χ1) is 15.4. The van der Waals surface area contributed by atoms with Crippen LogP contribution in [-0.2, 0) is 16.6 Å². The van der Waals surface area contributed by atoms with Crippen molar-refractivity contribution in [3.05, 3.63) is 41.9 Å². The first-order valence-corrected chi connectivity index (χ1v) is 10.6. The monoisotopic (exact) mass is 436 g/mol. The zero-order chi connectivity index (χ0) is 22.7. The van der Waals surface area contributed by atoms with Crippen molar-refractivity contribution in [2.24, 2.45) is 7.05 Å². The highest BCUT2D eigenvalue weighted by Gasteiger charge is 2.22. The van der Waals surface area contributed by atoms with Crippen molar-refractivity contribution < 1.29 is 9.59 Å². The Morgan fingerprint density at radius 3 is 2.62 bits per heavy atom. The molecule has 10 heteroatoms. The quantitative estimate of drug-likeness (QED) is 0.590. The molecule has 2 amide bonds. The van der Waals surface area contributed by atoms with Gasteiger partial charge in [-0.3, -0.25) is 19.2 Å². The Kier molecular flexibility index (Phi) is 6.31. The van der Waals surface area contributed by atoms with Crippen LogP contribution < -0.4 is 15.5 Å². The summed E-state index contributed by atoms with van der Waals surface area (Å²) in [6.07, 6.45) is 3.34. The van der Waals surface area contributed by atoms with Crippen LogP contribution in [0.2, 0.25) is 0 Å². The first-order valence-electron chi connectivity index (χ1n) is 10.6. The van der Waals surface area contributed by atoms with Crippen LogP contribution >= 0.6 is 0 Å². The second-order valence-corrected chi connectivity index (χ2v) is 8.04. The first kappa shape index (κ1) is 21.7. The van der Waals surface area contributed by atoms with E-state index in [2.05, 4.69) is 35.5 Å². The van der Waals surface area contributed by atoms with E-state index in [4.69, 9.17) is 0 Å². The Morgan fingerprint density at radius 2 is 1.84 bits per heavy atom. The minimum atomic E-state index is -0.235. The van der Waals surface area contributed by atoms with Gasteiger partial charge in [0.05, 0.1) is 24.7 Å². The highest BCUT2D eigenvalue weighted by molar-refractivity contribution is 5.95. The van der Waals surface area contributed by atoms with Gasteiger partial charge in [0.15, 0.2) is 5.65 Å². The number of nitrogens with zero attached hydrogens (tertiary/aromatic N) is 6. The largest absolute Gasteiger partial charge is 0.353 e. The summed E-state index contributed by atoms with van der Waals surface area (Å²) in [7, 11) is 1.86. The van der Waals surface area contributed by atoms with Gasteiger partial charge in [-0.25, -0.2) is 9.97 Å². The molecule has 0 saturated carbocycles. The normalized spacial score (nSPS) is 14.5. The zero-order valence-corrected chi connectivity index (χ0v) is 18.6. The lowest BCUT2D eigenvalue weighted by atomic mass is 10.1. The third-order valence-corrected chi connectivity index (χ3v) is 5.87. The maximum atomic E-state index is 12.3. The van der Waals surface area contributed by atoms with Gasteiger partial charge < -0.3 is 15.5 Å². The molecule has 0 spiro atoms. The number of rotatable bonds is 6. The molecule has 4 rings (SSSR count). The topological polar surface area (TPSA) is 108 Å². The number of benzene rings is 1. The van der Waals surface area contributed by atoms with Crippen LogP contribution in [0.3, 0.4) is 0 Å². The molecule has 168 valence electrons. The fraction of sp³-hybridized carbons (Fsp3) is 0.409. The van der Waals surface area contributed by atoms with E-state index >= 15 is 0 Å². The Hall–Kier alpha value is -3.53. The van der Waals surface area contributed by atoms with Gasteiger partial charge in [-0.05, 0) is 31.0 Å². The number of aromatic nitrogens is 4. The third kappa shape index (κ3) is 4.70. The Labute approximate surface area is 186 Å². The van der Waals surface area contributed by atoms with E-state index in [1.807, 2.05) is 39.1 Å². The zero-order valence-electron chi connectivity index (χ0n) is 18.6.